The molecule has 0 saturated heterocycles. The predicted octanol–water partition coefficient (Wildman–Crippen LogP) is 2.94. The Balaban J connectivity index is 1.42. The number of rotatable bonds is 6. The van der Waals surface area contributed by atoms with E-state index in [0.717, 1.165) is 5.56 Å². The number of nitrogens with one attached hydrogen (secondary N) is 2. The molecular weight excluding hydrogens is 358 g/mol. The van der Waals surface area contributed by atoms with Crippen LogP contribution in [0, 0.1) is 0 Å². The van der Waals surface area contributed by atoms with E-state index in [1.54, 1.807) is 42.5 Å². The highest BCUT2D eigenvalue weighted by Gasteiger charge is 2.12. The van der Waals surface area contributed by atoms with Gasteiger partial charge in [0, 0.05) is 23.6 Å². The maximum atomic E-state index is 11.8. The third-order valence-electron chi connectivity index (χ3n) is 3.49. The van der Waals surface area contributed by atoms with Gasteiger partial charge in [0.2, 0.25) is 18.6 Å². The number of halogens is 1. The fourth-order valence-corrected chi connectivity index (χ4v) is 2.44. The number of benzene rings is 2. The van der Waals surface area contributed by atoms with E-state index in [1.807, 2.05) is 0 Å². The molecule has 134 valence electrons. The van der Waals surface area contributed by atoms with Crippen molar-refractivity contribution in [3.05, 3.63) is 53.1 Å². The molecular formula is C18H16ClN3O4. The molecule has 8 heteroatoms. The van der Waals surface area contributed by atoms with E-state index in [2.05, 4.69) is 15.8 Å². The minimum absolute atomic E-state index is 0.0187. The van der Waals surface area contributed by atoms with E-state index in [1.165, 1.54) is 6.21 Å². The molecule has 0 atom stereocenters. The number of carbonyl (C=O) groups is 2. The number of fused-ring (bicyclic) bond motifs is 1. The number of anilines is 1. The quantitative estimate of drug-likeness (QED) is 0.601. The average Bonchev–Trinajstić information content (AvgIpc) is 3.08. The zero-order valence-electron chi connectivity index (χ0n) is 13.7. The second kappa shape index (κ2) is 8.35. The summed E-state index contributed by atoms with van der Waals surface area (Å²) in [6, 6.07) is 12.1. The topological polar surface area (TPSA) is 89.0 Å². The SMILES string of the molecule is O=C(CCC(=O)Nc1cccc(Cl)c1)NN=Cc1ccc2c(c1)OCO2. The van der Waals surface area contributed by atoms with Crippen LogP contribution >= 0.6 is 11.6 Å². The molecule has 0 unspecified atom stereocenters. The highest BCUT2D eigenvalue weighted by atomic mass is 35.5. The van der Waals surface area contributed by atoms with Crippen LogP contribution in [-0.4, -0.2) is 24.8 Å². The van der Waals surface area contributed by atoms with Gasteiger partial charge in [0.25, 0.3) is 0 Å². The highest BCUT2D eigenvalue weighted by Crippen LogP contribution is 2.31. The molecule has 26 heavy (non-hydrogen) atoms. The maximum Gasteiger partial charge on any atom is 0.240 e. The molecule has 7 nitrogen and oxygen atoms in total. The lowest BCUT2D eigenvalue weighted by molar-refractivity contribution is -0.124. The summed E-state index contributed by atoms with van der Waals surface area (Å²) in [5.41, 5.74) is 3.73. The molecule has 0 aromatic heterocycles. The zero-order valence-corrected chi connectivity index (χ0v) is 14.5. The third kappa shape index (κ3) is 4.97. The van der Waals surface area contributed by atoms with E-state index in [0.29, 0.717) is 22.2 Å². The molecule has 0 spiro atoms. The van der Waals surface area contributed by atoms with Gasteiger partial charge in [-0.15, -0.1) is 0 Å². The molecule has 1 heterocycles. The van der Waals surface area contributed by atoms with Crippen molar-refractivity contribution in [3.63, 3.8) is 0 Å². The molecule has 0 radical (unpaired) electrons. The highest BCUT2D eigenvalue weighted by molar-refractivity contribution is 6.30. The molecule has 0 bridgehead atoms. The molecule has 0 fully saturated rings. The summed E-state index contributed by atoms with van der Waals surface area (Å²) < 4.78 is 10.5. The van der Waals surface area contributed by atoms with Gasteiger partial charge in [-0.05, 0) is 42.0 Å². The smallest absolute Gasteiger partial charge is 0.240 e. The van der Waals surface area contributed by atoms with Gasteiger partial charge in [0.05, 0.1) is 6.21 Å². The third-order valence-corrected chi connectivity index (χ3v) is 3.72. The van der Waals surface area contributed by atoms with Crippen LogP contribution in [0.3, 0.4) is 0 Å². The number of carbonyl (C=O) groups excluding carboxylic acids is 2. The van der Waals surface area contributed by atoms with Gasteiger partial charge < -0.3 is 14.8 Å². The first-order chi connectivity index (χ1) is 12.6. The fourth-order valence-electron chi connectivity index (χ4n) is 2.24. The van der Waals surface area contributed by atoms with Gasteiger partial charge in [0.1, 0.15) is 0 Å². The Morgan fingerprint density at radius 2 is 1.88 bits per heavy atom. The van der Waals surface area contributed by atoms with Crippen LogP contribution in [0.1, 0.15) is 18.4 Å². The van der Waals surface area contributed by atoms with Crippen LogP contribution in [0.2, 0.25) is 5.02 Å². The summed E-state index contributed by atoms with van der Waals surface area (Å²) in [6.45, 7) is 0.198. The van der Waals surface area contributed by atoms with Gasteiger partial charge in [0.15, 0.2) is 11.5 Å². The monoisotopic (exact) mass is 373 g/mol. The second-order valence-electron chi connectivity index (χ2n) is 5.46. The summed E-state index contributed by atoms with van der Waals surface area (Å²) >= 11 is 5.85. The lowest BCUT2D eigenvalue weighted by Gasteiger charge is -2.05. The number of hydrogen-bond acceptors (Lipinski definition) is 5. The lowest BCUT2D eigenvalue weighted by atomic mass is 10.2. The van der Waals surface area contributed by atoms with Crippen LogP contribution in [-0.2, 0) is 9.59 Å². The van der Waals surface area contributed by atoms with Crippen molar-refractivity contribution >= 4 is 35.3 Å². The molecule has 1 aliphatic heterocycles. The zero-order chi connectivity index (χ0) is 18.4. The van der Waals surface area contributed by atoms with Gasteiger partial charge in [-0.2, -0.15) is 5.10 Å². The van der Waals surface area contributed by atoms with Crippen molar-refractivity contribution in [2.24, 2.45) is 5.10 Å². The Morgan fingerprint density at radius 3 is 2.73 bits per heavy atom. The van der Waals surface area contributed by atoms with Gasteiger partial charge in [-0.3, -0.25) is 9.59 Å². The summed E-state index contributed by atoms with van der Waals surface area (Å²) in [6.07, 6.45) is 1.55. The van der Waals surface area contributed by atoms with E-state index in [9.17, 15) is 9.59 Å². The first-order valence-electron chi connectivity index (χ1n) is 7.87. The minimum atomic E-state index is -0.358. The Labute approximate surface area is 154 Å². The van der Waals surface area contributed by atoms with Crippen LogP contribution in [0.5, 0.6) is 11.5 Å². The molecule has 3 rings (SSSR count). The standard InChI is InChI=1S/C18H16ClN3O4/c19-13-2-1-3-14(9-13)21-17(23)6-7-18(24)22-20-10-12-4-5-15-16(8-12)26-11-25-15/h1-5,8-10H,6-7,11H2,(H,21,23)(H,22,24). The molecule has 0 saturated carbocycles. The van der Waals surface area contributed by atoms with Crippen molar-refractivity contribution in [3.8, 4) is 11.5 Å². The summed E-state index contributed by atoms with van der Waals surface area (Å²) in [7, 11) is 0. The largest absolute Gasteiger partial charge is 0.454 e. The van der Waals surface area contributed by atoms with Gasteiger partial charge in [-0.1, -0.05) is 17.7 Å². The number of nitrogens with zero attached hydrogens (tertiary/aromatic N) is 1. The molecule has 2 aromatic carbocycles. The van der Waals surface area contributed by atoms with E-state index in [4.69, 9.17) is 21.1 Å². The minimum Gasteiger partial charge on any atom is -0.454 e. The first kappa shape index (κ1) is 17.8. The van der Waals surface area contributed by atoms with E-state index in [-0.39, 0.29) is 31.4 Å². The number of amides is 2. The molecule has 1 aliphatic rings. The van der Waals surface area contributed by atoms with Crippen LogP contribution in [0.4, 0.5) is 5.69 Å². The molecule has 2 amide bonds. The first-order valence-corrected chi connectivity index (χ1v) is 8.25. The molecule has 0 aliphatic carbocycles. The van der Waals surface area contributed by atoms with Crippen LogP contribution < -0.4 is 20.2 Å². The number of hydrazone groups is 1. The average molecular weight is 374 g/mol. The summed E-state index contributed by atoms with van der Waals surface area (Å²) in [5.74, 6) is 0.681. The van der Waals surface area contributed by atoms with Crippen molar-refractivity contribution < 1.29 is 19.1 Å². The summed E-state index contributed by atoms with van der Waals surface area (Å²) in [4.78, 5) is 23.6. The van der Waals surface area contributed by atoms with Crippen molar-refractivity contribution in [2.45, 2.75) is 12.8 Å². The van der Waals surface area contributed by atoms with Crippen molar-refractivity contribution in [1.29, 1.82) is 0 Å². The van der Waals surface area contributed by atoms with Crippen molar-refractivity contribution in [2.75, 3.05) is 12.1 Å². The van der Waals surface area contributed by atoms with E-state index < -0.39 is 0 Å². The van der Waals surface area contributed by atoms with Crippen LogP contribution in [0.25, 0.3) is 0 Å². The molecule has 2 aromatic rings. The van der Waals surface area contributed by atoms with Gasteiger partial charge in [-0.25, -0.2) is 5.43 Å². The Kier molecular flexibility index (Phi) is 5.70. The molecule has 2 N–H and O–H groups in total. The lowest BCUT2D eigenvalue weighted by Crippen LogP contribution is -2.20. The normalized spacial score (nSPS) is 12.2. The van der Waals surface area contributed by atoms with Crippen molar-refractivity contribution in [1.82, 2.24) is 5.43 Å². The second-order valence-corrected chi connectivity index (χ2v) is 5.90. The number of hydrogen-bond donors (Lipinski definition) is 2. The Bertz CT molecular complexity index is 854. The Hall–Kier alpha value is -3.06. The van der Waals surface area contributed by atoms with Gasteiger partial charge >= 0.3 is 0 Å². The van der Waals surface area contributed by atoms with E-state index >= 15 is 0 Å². The maximum absolute atomic E-state index is 11.8. The number of ether oxygens (including phenoxy) is 2. The predicted molar refractivity (Wildman–Crippen MR) is 97.6 cm³/mol. The van der Waals surface area contributed by atoms with Crippen LogP contribution in [0.15, 0.2) is 47.6 Å². The Morgan fingerprint density at radius 1 is 1.08 bits per heavy atom. The fraction of sp³-hybridized carbons (Fsp3) is 0.167. The summed E-state index contributed by atoms with van der Waals surface area (Å²) in [5, 5.41) is 7.07.